The van der Waals surface area contributed by atoms with Crippen molar-refractivity contribution in [1.29, 1.82) is 0 Å². The lowest BCUT2D eigenvalue weighted by molar-refractivity contribution is 0.213. The molecule has 0 radical (unpaired) electrons. The van der Waals surface area contributed by atoms with Gasteiger partial charge < -0.3 is 5.11 Å². The van der Waals surface area contributed by atoms with Gasteiger partial charge in [-0.3, -0.25) is 0 Å². The molecule has 0 aromatic carbocycles. The number of nitrogens with one attached hydrogen (secondary N) is 1. The van der Waals surface area contributed by atoms with Crippen molar-refractivity contribution in [2.45, 2.75) is 51.0 Å². The molecule has 0 heterocycles. The second kappa shape index (κ2) is 5.67. The largest absolute Gasteiger partial charge is 0.396 e. The van der Waals surface area contributed by atoms with Gasteiger partial charge in [-0.25, -0.2) is 13.1 Å². The van der Waals surface area contributed by atoms with Crippen molar-refractivity contribution >= 4 is 10.0 Å². The van der Waals surface area contributed by atoms with Crippen molar-refractivity contribution in [2.24, 2.45) is 11.8 Å². The number of sulfonamides is 1. The summed E-state index contributed by atoms with van der Waals surface area (Å²) in [5, 5.41) is 9.16. The maximum absolute atomic E-state index is 11.9. The molecule has 17 heavy (non-hydrogen) atoms. The molecule has 0 spiro atoms. The van der Waals surface area contributed by atoms with Gasteiger partial charge in [-0.15, -0.1) is 0 Å². The number of hydrogen-bond donors (Lipinski definition) is 2. The molecule has 2 N–H and O–H groups in total. The van der Waals surface area contributed by atoms with E-state index in [1.807, 2.05) is 0 Å². The van der Waals surface area contributed by atoms with E-state index in [0.29, 0.717) is 5.92 Å². The summed E-state index contributed by atoms with van der Waals surface area (Å²) >= 11 is 0. The molecule has 5 heteroatoms. The Morgan fingerprint density at radius 1 is 1.12 bits per heavy atom. The summed E-state index contributed by atoms with van der Waals surface area (Å²) in [5.74, 6) is 1.00. The van der Waals surface area contributed by atoms with Crippen LogP contribution in [-0.4, -0.2) is 31.9 Å². The first-order valence-corrected chi connectivity index (χ1v) is 8.37. The third kappa shape index (κ3) is 3.66. The number of aliphatic hydroxyl groups excluding tert-OH is 1. The van der Waals surface area contributed by atoms with Gasteiger partial charge in [0.1, 0.15) is 0 Å². The summed E-state index contributed by atoms with van der Waals surface area (Å²) in [7, 11) is -3.14. The van der Waals surface area contributed by atoms with Gasteiger partial charge >= 0.3 is 0 Å². The van der Waals surface area contributed by atoms with Gasteiger partial charge in [0.15, 0.2) is 0 Å². The summed E-state index contributed by atoms with van der Waals surface area (Å²) < 4.78 is 26.6. The van der Waals surface area contributed by atoms with E-state index in [9.17, 15) is 8.42 Å². The van der Waals surface area contributed by atoms with Gasteiger partial charge in [-0.1, -0.05) is 25.7 Å². The van der Waals surface area contributed by atoms with Crippen LogP contribution in [0.2, 0.25) is 0 Å². The topological polar surface area (TPSA) is 66.4 Å². The third-order valence-electron chi connectivity index (χ3n) is 4.24. The Balaban J connectivity index is 1.79. The first-order valence-electron chi connectivity index (χ1n) is 6.71. The summed E-state index contributed by atoms with van der Waals surface area (Å²) in [6.07, 6.45) is 7.26. The summed E-state index contributed by atoms with van der Waals surface area (Å²) in [6.45, 7) is 0.0931. The monoisotopic (exact) mass is 261 g/mol. The van der Waals surface area contributed by atoms with Crippen molar-refractivity contribution in [1.82, 2.24) is 4.72 Å². The lowest BCUT2D eigenvalue weighted by Crippen LogP contribution is -2.40. The Labute approximate surface area is 104 Å². The molecule has 0 aromatic heterocycles. The lowest BCUT2D eigenvalue weighted by atomic mass is 9.84. The number of aliphatic hydroxyl groups is 1. The second-order valence-corrected chi connectivity index (χ2v) is 7.38. The van der Waals surface area contributed by atoms with E-state index in [1.54, 1.807) is 0 Å². The minimum Gasteiger partial charge on any atom is -0.396 e. The SMILES string of the molecule is O=S(=O)(CCC1CCC1)NC1CCCC1CO. The minimum absolute atomic E-state index is 0.0357. The molecule has 0 saturated heterocycles. The van der Waals surface area contributed by atoms with Crippen LogP contribution in [0, 0.1) is 11.8 Å². The molecule has 2 rings (SSSR count). The smallest absolute Gasteiger partial charge is 0.211 e. The average molecular weight is 261 g/mol. The normalized spacial score (nSPS) is 30.4. The van der Waals surface area contributed by atoms with Crippen molar-refractivity contribution in [2.75, 3.05) is 12.4 Å². The minimum atomic E-state index is -3.14. The molecular formula is C12H23NO3S. The van der Waals surface area contributed by atoms with E-state index in [-0.39, 0.29) is 24.3 Å². The fraction of sp³-hybridized carbons (Fsp3) is 1.00. The summed E-state index contributed by atoms with van der Waals surface area (Å²) in [5.41, 5.74) is 0. The van der Waals surface area contributed by atoms with Gasteiger partial charge in [0, 0.05) is 12.6 Å². The summed E-state index contributed by atoms with van der Waals surface area (Å²) in [6, 6.07) is -0.0357. The molecule has 2 aliphatic carbocycles. The molecule has 2 saturated carbocycles. The molecule has 0 aliphatic heterocycles. The molecule has 2 atom stereocenters. The fourth-order valence-electron chi connectivity index (χ4n) is 2.80. The van der Waals surface area contributed by atoms with Crippen LogP contribution in [0.4, 0.5) is 0 Å². The predicted molar refractivity (Wildman–Crippen MR) is 67.1 cm³/mol. The lowest BCUT2D eigenvalue weighted by Gasteiger charge is -2.25. The Kier molecular flexibility index (Phi) is 4.44. The average Bonchev–Trinajstić information content (AvgIpc) is 2.61. The Morgan fingerprint density at radius 3 is 2.41 bits per heavy atom. The summed E-state index contributed by atoms with van der Waals surface area (Å²) in [4.78, 5) is 0. The Bertz CT molecular complexity index is 338. The van der Waals surface area contributed by atoms with E-state index in [4.69, 9.17) is 5.11 Å². The molecule has 4 nitrogen and oxygen atoms in total. The van der Waals surface area contributed by atoms with Crippen LogP contribution in [0.3, 0.4) is 0 Å². The Hall–Kier alpha value is -0.130. The van der Waals surface area contributed by atoms with Crippen LogP contribution < -0.4 is 4.72 Å². The van der Waals surface area contributed by atoms with Crippen molar-refractivity contribution in [3.8, 4) is 0 Å². The molecule has 2 unspecified atom stereocenters. The van der Waals surface area contributed by atoms with Crippen molar-refractivity contribution < 1.29 is 13.5 Å². The van der Waals surface area contributed by atoms with E-state index in [0.717, 1.165) is 25.7 Å². The number of hydrogen-bond acceptors (Lipinski definition) is 3. The van der Waals surface area contributed by atoms with Gasteiger partial charge in [0.05, 0.1) is 5.75 Å². The van der Waals surface area contributed by atoms with Gasteiger partial charge in [0.2, 0.25) is 10.0 Å². The zero-order valence-electron chi connectivity index (χ0n) is 10.3. The van der Waals surface area contributed by atoms with Crippen LogP contribution in [0.15, 0.2) is 0 Å². The van der Waals surface area contributed by atoms with E-state index in [1.165, 1.54) is 19.3 Å². The molecule has 2 aliphatic rings. The maximum atomic E-state index is 11.9. The fourth-order valence-corrected chi connectivity index (χ4v) is 4.34. The second-order valence-electron chi connectivity index (χ2n) is 5.50. The van der Waals surface area contributed by atoms with E-state index < -0.39 is 10.0 Å². The first kappa shape index (κ1) is 13.3. The van der Waals surface area contributed by atoms with Crippen LogP contribution in [-0.2, 0) is 10.0 Å². The zero-order chi connectivity index (χ0) is 12.3. The van der Waals surface area contributed by atoms with Gasteiger partial charge in [-0.05, 0) is 31.1 Å². The predicted octanol–water partition coefficient (Wildman–Crippen LogP) is 1.26. The van der Waals surface area contributed by atoms with Crippen molar-refractivity contribution in [3.05, 3.63) is 0 Å². The van der Waals surface area contributed by atoms with Crippen LogP contribution >= 0.6 is 0 Å². The van der Waals surface area contributed by atoms with Crippen LogP contribution in [0.1, 0.15) is 44.9 Å². The first-order chi connectivity index (χ1) is 8.11. The maximum Gasteiger partial charge on any atom is 0.211 e. The number of rotatable bonds is 6. The quantitative estimate of drug-likeness (QED) is 0.756. The molecule has 0 aromatic rings. The van der Waals surface area contributed by atoms with Crippen molar-refractivity contribution in [3.63, 3.8) is 0 Å². The molecule has 2 fully saturated rings. The standard InChI is InChI=1S/C12H23NO3S/c14-9-11-5-2-6-12(11)13-17(15,16)8-7-10-3-1-4-10/h10-14H,1-9H2. The highest BCUT2D eigenvalue weighted by atomic mass is 32.2. The van der Waals surface area contributed by atoms with Gasteiger partial charge in [0.25, 0.3) is 0 Å². The highest BCUT2D eigenvalue weighted by molar-refractivity contribution is 7.89. The molecule has 100 valence electrons. The van der Waals surface area contributed by atoms with Crippen LogP contribution in [0.5, 0.6) is 0 Å². The molecule has 0 bridgehead atoms. The molecule has 0 amide bonds. The zero-order valence-corrected chi connectivity index (χ0v) is 11.1. The van der Waals surface area contributed by atoms with Crippen LogP contribution in [0.25, 0.3) is 0 Å². The highest BCUT2D eigenvalue weighted by Gasteiger charge is 2.30. The highest BCUT2D eigenvalue weighted by Crippen LogP contribution is 2.30. The molecular weight excluding hydrogens is 238 g/mol. The van der Waals surface area contributed by atoms with Gasteiger partial charge in [-0.2, -0.15) is 0 Å². The Morgan fingerprint density at radius 2 is 1.82 bits per heavy atom. The van der Waals surface area contributed by atoms with E-state index in [2.05, 4.69) is 4.72 Å². The third-order valence-corrected chi connectivity index (χ3v) is 5.68. The van der Waals surface area contributed by atoms with E-state index >= 15 is 0 Å².